The third kappa shape index (κ3) is 2.82. The maximum Gasteiger partial charge on any atom is 0.325 e. The molecule has 2 rings (SSSR count). The lowest BCUT2D eigenvalue weighted by Gasteiger charge is -2.27. The van der Waals surface area contributed by atoms with Crippen LogP contribution in [0.15, 0.2) is 0 Å². The van der Waals surface area contributed by atoms with Gasteiger partial charge in [0, 0.05) is 0 Å². The number of amides is 3. The van der Waals surface area contributed by atoms with Crippen LogP contribution in [0.5, 0.6) is 0 Å². The van der Waals surface area contributed by atoms with E-state index < -0.39 is 11.6 Å². The van der Waals surface area contributed by atoms with Gasteiger partial charge >= 0.3 is 6.03 Å². The number of carbonyl (C=O) groups excluding carboxylic acids is 2. The number of nitrogens with one attached hydrogen (secondary N) is 1. The Hall–Kier alpha value is -1.10. The van der Waals surface area contributed by atoms with Crippen molar-refractivity contribution >= 4 is 11.9 Å². The van der Waals surface area contributed by atoms with E-state index in [1.54, 1.807) is 0 Å². The summed E-state index contributed by atoms with van der Waals surface area (Å²) in [5.74, 6) is 0.658. The van der Waals surface area contributed by atoms with E-state index in [2.05, 4.69) is 19.2 Å². The Morgan fingerprint density at radius 1 is 1.40 bits per heavy atom. The Labute approximate surface area is 120 Å². The molecule has 0 bridgehead atoms. The van der Waals surface area contributed by atoms with E-state index in [4.69, 9.17) is 0 Å². The minimum Gasteiger partial charge on any atom is -0.391 e. The minimum atomic E-state index is -0.700. The molecule has 20 heavy (non-hydrogen) atoms. The SMILES string of the molecule is CC[C@H](O)CN1C(=O)N[C@@](CCC(C)C)(C2CC2)C1=O. The van der Waals surface area contributed by atoms with E-state index in [1.165, 1.54) is 4.90 Å². The lowest BCUT2D eigenvalue weighted by molar-refractivity contribution is -0.133. The van der Waals surface area contributed by atoms with Crippen molar-refractivity contribution in [1.82, 2.24) is 10.2 Å². The van der Waals surface area contributed by atoms with E-state index in [1.807, 2.05) is 6.92 Å². The van der Waals surface area contributed by atoms with Gasteiger partial charge in [0.2, 0.25) is 0 Å². The summed E-state index contributed by atoms with van der Waals surface area (Å²) in [5.41, 5.74) is -0.700. The molecule has 2 atom stereocenters. The predicted molar refractivity (Wildman–Crippen MR) is 76.1 cm³/mol. The van der Waals surface area contributed by atoms with Crippen molar-refractivity contribution in [1.29, 1.82) is 0 Å². The van der Waals surface area contributed by atoms with Crippen LogP contribution < -0.4 is 5.32 Å². The van der Waals surface area contributed by atoms with E-state index in [0.29, 0.717) is 18.8 Å². The number of aliphatic hydroxyl groups excluding tert-OH is 1. The van der Waals surface area contributed by atoms with Crippen molar-refractivity contribution in [2.75, 3.05) is 6.54 Å². The van der Waals surface area contributed by atoms with Crippen molar-refractivity contribution in [2.24, 2.45) is 11.8 Å². The molecule has 2 fully saturated rings. The van der Waals surface area contributed by atoms with Crippen LogP contribution in [-0.4, -0.2) is 40.1 Å². The number of hydrogen-bond acceptors (Lipinski definition) is 3. The van der Waals surface area contributed by atoms with Crippen LogP contribution in [0.3, 0.4) is 0 Å². The second-order valence-corrected chi connectivity index (χ2v) is 6.59. The van der Waals surface area contributed by atoms with Crippen LogP contribution in [0.4, 0.5) is 4.79 Å². The van der Waals surface area contributed by atoms with E-state index in [-0.39, 0.29) is 24.4 Å². The zero-order chi connectivity index (χ0) is 14.9. The second-order valence-electron chi connectivity index (χ2n) is 6.59. The molecule has 1 aliphatic heterocycles. The molecular weight excluding hydrogens is 256 g/mol. The van der Waals surface area contributed by atoms with Gasteiger partial charge in [-0.05, 0) is 43.9 Å². The van der Waals surface area contributed by atoms with Gasteiger partial charge in [0.05, 0.1) is 12.6 Å². The van der Waals surface area contributed by atoms with Gasteiger partial charge in [-0.15, -0.1) is 0 Å². The summed E-state index contributed by atoms with van der Waals surface area (Å²) in [4.78, 5) is 26.0. The maximum atomic E-state index is 12.7. The topological polar surface area (TPSA) is 69.6 Å². The summed E-state index contributed by atoms with van der Waals surface area (Å²) in [6.07, 6.45) is 3.55. The van der Waals surface area contributed by atoms with Crippen molar-refractivity contribution in [3.05, 3.63) is 0 Å². The number of carbonyl (C=O) groups is 2. The summed E-state index contributed by atoms with van der Waals surface area (Å²) in [6.45, 7) is 6.20. The smallest absolute Gasteiger partial charge is 0.325 e. The molecule has 1 heterocycles. The highest BCUT2D eigenvalue weighted by Crippen LogP contribution is 2.45. The molecule has 3 amide bonds. The van der Waals surface area contributed by atoms with Crippen LogP contribution >= 0.6 is 0 Å². The summed E-state index contributed by atoms with van der Waals surface area (Å²) in [5, 5.41) is 12.7. The molecule has 2 N–H and O–H groups in total. The van der Waals surface area contributed by atoms with E-state index in [9.17, 15) is 14.7 Å². The average molecular weight is 282 g/mol. The highest BCUT2D eigenvalue weighted by atomic mass is 16.3. The number of aliphatic hydroxyl groups is 1. The molecule has 0 radical (unpaired) electrons. The zero-order valence-electron chi connectivity index (χ0n) is 12.7. The molecule has 1 saturated carbocycles. The molecule has 1 saturated heterocycles. The van der Waals surface area contributed by atoms with Crippen LogP contribution in [0.1, 0.15) is 52.9 Å². The summed E-state index contributed by atoms with van der Waals surface area (Å²) in [6, 6.07) is -0.335. The Kier molecular flexibility index (Phi) is 4.37. The average Bonchev–Trinajstić information content (AvgIpc) is 3.20. The molecule has 0 aromatic heterocycles. The molecule has 0 spiro atoms. The van der Waals surface area contributed by atoms with E-state index in [0.717, 1.165) is 19.3 Å². The first kappa shape index (κ1) is 15.3. The van der Waals surface area contributed by atoms with Gasteiger partial charge in [0.1, 0.15) is 5.54 Å². The quantitative estimate of drug-likeness (QED) is 0.701. The fourth-order valence-electron chi connectivity index (χ4n) is 2.89. The number of rotatable bonds is 7. The van der Waals surface area contributed by atoms with Crippen LogP contribution in [-0.2, 0) is 4.79 Å². The molecular formula is C15H26N2O3. The first-order valence-electron chi connectivity index (χ1n) is 7.73. The maximum absolute atomic E-state index is 12.7. The highest BCUT2D eigenvalue weighted by molar-refractivity contribution is 6.07. The zero-order valence-corrected chi connectivity index (χ0v) is 12.7. The number of β-amino-alcohol motifs (C(OH)–C–C–N with tert-alkyl or cyclic N) is 1. The van der Waals surface area contributed by atoms with Gasteiger partial charge in [0.25, 0.3) is 5.91 Å². The molecule has 1 aliphatic carbocycles. The lowest BCUT2D eigenvalue weighted by atomic mass is 9.85. The van der Waals surface area contributed by atoms with Crippen molar-refractivity contribution in [3.63, 3.8) is 0 Å². The molecule has 114 valence electrons. The van der Waals surface area contributed by atoms with Crippen LogP contribution in [0.2, 0.25) is 0 Å². The number of nitrogens with zero attached hydrogens (tertiary/aromatic N) is 1. The van der Waals surface area contributed by atoms with Gasteiger partial charge in [0.15, 0.2) is 0 Å². The molecule has 5 heteroatoms. The third-order valence-electron chi connectivity index (χ3n) is 4.46. The van der Waals surface area contributed by atoms with Crippen molar-refractivity contribution in [3.8, 4) is 0 Å². The Bertz CT molecular complexity index is 393. The first-order valence-corrected chi connectivity index (χ1v) is 7.73. The second kappa shape index (κ2) is 5.72. The van der Waals surface area contributed by atoms with Gasteiger partial charge in [-0.3, -0.25) is 9.69 Å². The highest BCUT2D eigenvalue weighted by Gasteiger charge is 2.58. The number of imide groups is 1. The summed E-state index contributed by atoms with van der Waals surface area (Å²) >= 11 is 0. The molecule has 0 aromatic carbocycles. The van der Waals surface area contributed by atoms with Crippen molar-refractivity contribution in [2.45, 2.75) is 64.5 Å². The van der Waals surface area contributed by atoms with Gasteiger partial charge in [-0.2, -0.15) is 0 Å². The van der Waals surface area contributed by atoms with E-state index >= 15 is 0 Å². The van der Waals surface area contributed by atoms with Gasteiger partial charge in [-0.1, -0.05) is 20.8 Å². The number of hydrogen-bond donors (Lipinski definition) is 2. The van der Waals surface area contributed by atoms with Gasteiger partial charge < -0.3 is 10.4 Å². The Morgan fingerprint density at radius 2 is 2.05 bits per heavy atom. The monoisotopic (exact) mass is 282 g/mol. The molecule has 5 nitrogen and oxygen atoms in total. The standard InChI is InChI=1S/C15H26N2O3/c1-4-12(18)9-17-13(19)15(11-5-6-11,16-14(17)20)8-7-10(2)3/h10-12,18H,4-9H2,1-3H3,(H,16,20)/t12-,15-/m0/s1. The molecule has 0 unspecified atom stereocenters. The Morgan fingerprint density at radius 3 is 2.55 bits per heavy atom. The fourth-order valence-corrected chi connectivity index (χ4v) is 2.89. The first-order chi connectivity index (χ1) is 9.40. The van der Waals surface area contributed by atoms with Crippen LogP contribution in [0, 0.1) is 11.8 Å². The lowest BCUT2D eigenvalue weighted by Crippen LogP contribution is -2.49. The van der Waals surface area contributed by atoms with Gasteiger partial charge in [-0.25, -0.2) is 4.79 Å². The molecule has 0 aromatic rings. The van der Waals surface area contributed by atoms with Crippen LogP contribution in [0.25, 0.3) is 0 Å². The summed E-state index contributed by atoms with van der Waals surface area (Å²) < 4.78 is 0. The minimum absolute atomic E-state index is 0.108. The summed E-state index contributed by atoms with van der Waals surface area (Å²) in [7, 11) is 0. The molecule has 2 aliphatic rings. The Balaban J connectivity index is 2.13. The normalized spacial score (nSPS) is 28.1. The third-order valence-corrected chi connectivity index (χ3v) is 4.46. The van der Waals surface area contributed by atoms with Crippen molar-refractivity contribution < 1.29 is 14.7 Å². The fraction of sp³-hybridized carbons (Fsp3) is 0.867. The predicted octanol–water partition coefficient (Wildman–Crippen LogP) is 1.89. The number of urea groups is 1. The largest absolute Gasteiger partial charge is 0.391 e.